The van der Waals surface area contributed by atoms with Crippen molar-refractivity contribution in [3.8, 4) is 0 Å². The molecule has 0 amide bonds. The maximum absolute atomic E-state index is 6.12. The van der Waals surface area contributed by atoms with Gasteiger partial charge in [0.25, 0.3) is 0 Å². The third-order valence-corrected chi connectivity index (χ3v) is 3.69. The highest BCUT2D eigenvalue weighted by Crippen LogP contribution is 2.29. The molecule has 0 unspecified atom stereocenters. The smallest absolute Gasteiger partial charge is 0.0637 e. The number of hydrogen-bond acceptors (Lipinski definition) is 2. The minimum atomic E-state index is 0.581. The largest absolute Gasteiger partial charge is 0.279 e. The van der Waals surface area contributed by atoms with Crippen molar-refractivity contribution in [2.75, 3.05) is 5.43 Å². The zero-order chi connectivity index (χ0) is 13.0. The van der Waals surface area contributed by atoms with Gasteiger partial charge >= 0.3 is 0 Å². The van der Waals surface area contributed by atoms with Crippen LogP contribution in [0.3, 0.4) is 0 Å². The molecular formula is C13H9BrCl2N2. The maximum atomic E-state index is 6.12. The van der Waals surface area contributed by atoms with Gasteiger partial charge in [-0.15, -0.1) is 0 Å². The van der Waals surface area contributed by atoms with Gasteiger partial charge < -0.3 is 0 Å². The fourth-order valence-corrected chi connectivity index (χ4v) is 2.35. The number of anilines is 1. The summed E-state index contributed by atoms with van der Waals surface area (Å²) < 4.78 is 0.748. The molecule has 2 aromatic rings. The Labute approximate surface area is 124 Å². The van der Waals surface area contributed by atoms with E-state index >= 15 is 0 Å². The van der Waals surface area contributed by atoms with Gasteiger partial charge in [-0.2, -0.15) is 5.10 Å². The van der Waals surface area contributed by atoms with Gasteiger partial charge in [0, 0.05) is 15.1 Å². The van der Waals surface area contributed by atoms with Crippen LogP contribution in [0.1, 0.15) is 5.56 Å². The van der Waals surface area contributed by atoms with E-state index in [-0.39, 0.29) is 0 Å². The predicted molar refractivity (Wildman–Crippen MR) is 81.8 cm³/mol. The summed E-state index contributed by atoms with van der Waals surface area (Å²) in [7, 11) is 0. The Hall–Kier alpha value is -1.03. The molecule has 0 radical (unpaired) electrons. The quantitative estimate of drug-likeness (QED) is 0.462. The molecule has 0 aliphatic carbocycles. The third-order valence-electron chi connectivity index (χ3n) is 2.19. The zero-order valence-electron chi connectivity index (χ0n) is 9.20. The van der Waals surface area contributed by atoms with E-state index in [4.69, 9.17) is 23.2 Å². The lowest BCUT2D eigenvalue weighted by Crippen LogP contribution is -1.91. The van der Waals surface area contributed by atoms with E-state index in [9.17, 15) is 0 Å². The molecule has 0 spiro atoms. The first-order valence-electron chi connectivity index (χ1n) is 5.15. The molecule has 1 N–H and O–H groups in total. The van der Waals surface area contributed by atoms with Crippen LogP contribution >= 0.6 is 39.1 Å². The van der Waals surface area contributed by atoms with E-state index in [1.165, 1.54) is 0 Å². The van der Waals surface area contributed by atoms with E-state index in [0.717, 1.165) is 15.7 Å². The maximum Gasteiger partial charge on any atom is 0.0637 e. The molecule has 0 aliphatic heterocycles. The second-order valence-electron chi connectivity index (χ2n) is 3.53. The zero-order valence-corrected chi connectivity index (χ0v) is 12.3. The molecule has 2 nitrogen and oxygen atoms in total. The number of para-hydroxylation sites is 1. The minimum absolute atomic E-state index is 0.581. The first kappa shape index (κ1) is 13.4. The summed E-state index contributed by atoms with van der Waals surface area (Å²) >= 11 is 15.4. The fourth-order valence-electron chi connectivity index (χ4n) is 1.36. The Morgan fingerprint density at radius 2 is 1.83 bits per heavy atom. The van der Waals surface area contributed by atoms with Crippen molar-refractivity contribution >= 4 is 51.0 Å². The lowest BCUT2D eigenvalue weighted by Gasteiger charge is -2.03. The van der Waals surface area contributed by atoms with E-state index in [1.807, 2.05) is 30.3 Å². The van der Waals surface area contributed by atoms with Crippen LogP contribution in [0.15, 0.2) is 52.0 Å². The lowest BCUT2D eigenvalue weighted by atomic mass is 10.2. The Morgan fingerprint density at radius 3 is 2.56 bits per heavy atom. The van der Waals surface area contributed by atoms with Crippen molar-refractivity contribution in [2.45, 2.75) is 0 Å². The molecule has 0 aromatic heterocycles. The van der Waals surface area contributed by atoms with E-state index < -0.39 is 0 Å². The summed E-state index contributed by atoms with van der Waals surface area (Å²) in [6, 6.07) is 13.2. The third kappa shape index (κ3) is 3.48. The Bertz CT molecular complexity index is 571. The molecule has 0 saturated heterocycles. The molecule has 0 aliphatic rings. The molecule has 0 saturated carbocycles. The van der Waals surface area contributed by atoms with Gasteiger partial charge in [-0.1, -0.05) is 41.4 Å². The monoisotopic (exact) mass is 342 g/mol. The van der Waals surface area contributed by atoms with Gasteiger partial charge in [-0.3, -0.25) is 5.43 Å². The molecule has 2 rings (SSSR count). The van der Waals surface area contributed by atoms with Crippen LogP contribution in [0.2, 0.25) is 10.0 Å². The lowest BCUT2D eigenvalue weighted by molar-refractivity contribution is 1.35. The van der Waals surface area contributed by atoms with Gasteiger partial charge in [0.05, 0.1) is 16.9 Å². The Morgan fingerprint density at radius 1 is 1.11 bits per heavy atom. The molecule has 2 aromatic carbocycles. The number of rotatable bonds is 3. The first-order valence-corrected chi connectivity index (χ1v) is 6.70. The first-order chi connectivity index (χ1) is 8.66. The standard InChI is InChI=1S/C13H9BrCl2N2/c14-12-7-10(15)6-9(13(12)16)8-17-18-11-4-2-1-3-5-11/h1-8,18H. The van der Waals surface area contributed by atoms with Crippen LogP contribution in [0.25, 0.3) is 0 Å². The molecular weight excluding hydrogens is 335 g/mol. The fraction of sp³-hybridized carbons (Fsp3) is 0. The summed E-state index contributed by atoms with van der Waals surface area (Å²) in [5, 5.41) is 5.30. The van der Waals surface area contributed by atoms with Crippen LogP contribution in [0.4, 0.5) is 5.69 Å². The molecule has 0 heterocycles. The van der Waals surface area contributed by atoms with E-state index in [0.29, 0.717) is 10.0 Å². The summed E-state index contributed by atoms with van der Waals surface area (Å²) in [5.41, 5.74) is 4.57. The highest BCUT2D eigenvalue weighted by Gasteiger charge is 2.04. The highest BCUT2D eigenvalue weighted by atomic mass is 79.9. The van der Waals surface area contributed by atoms with Crippen LogP contribution < -0.4 is 5.43 Å². The van der Waals surface area contributed by atoms with Gasteiger partial charge in [0.15, 0.2) is 0 Å². The summed E-state index contributed by atoms with van der Waals surface area (Å²) in [4.78, 5) is 0. The second-order valence-corrected chi connectivity index (χ2v) is 5.20. The van der Waals surface area contributed by atoms with Crippen molar-refractivity contribution in [1.29, 1.82) is 0 Å². The highest BCUT2D eigenvalue weighted by molar-refractivity contribution is 9.10. The van der Waals surface area contributed by atoms with E-state index in [2.05, 4.69) is 26.5 Å². The van der Waals surface area contributed by atoms with Gasteiger partial charge in [0.1, 0.15) is 0 Å². The number of nitrogens with one attached hydrogen (secondary N) is 1. The van der Waals surface area contributed by atoms with Gasteiger partial charge in [-0.25, -0.2) is 0 Å². The van der Waals surface area contributed by atoms with Gasteiger partial charge in [0.2, 0.25) is 0 Å². The summed E-state index contributed by atoms with van der Waals surface area (Å²) in [5.74, 6) is 0. The van der Waals surface area contributed by atoms with Crippen molar-refractivity contribution in [3.63, 3.8) is 0 Å². The van der Waals surface area contributed by atoms with Crippen LogP contribution in [-0.2, 0) is 0 Å². The topological polar surface area (TPSA) is 24.4 Å². The van der Waals surface area contributed by atoms with Crippen LogP contribution in [0.5, 0.6) is 0 Å². The molecule has 92 valence electrons. The molecule has 0 bridgehead atoms. The SMILES string of the molecule is Clc1cc(Br)c(Cl)c(C=NNc2ccccc2)c1. The number of halogens is 3. The van der Waals surface area contributed by atoms with Crippen molar-refractivity contribution in [1.82, 2.24) is 0 Å². The van der Waals surface area contributed by atoms with Gasteiger partial charge in [-0.05, 0) is 40.2 Å². The average molecular weight is 344 g/mol. The number of hydrogen-bond donors (Lipinski definition) is 1. The summed E-state index contributed by atoms with van der Waals surface area (Å²) in [6.45, 7) is 0. The van der Waals surface area contributed by atoms with E-state index in [1.54, 1.807) is 18.3 Å². The second kappa shape index (κ2) is 6.23. The van der Waals surface area contributed by atoms with Crippen LogP contribution in [-0.4, -0.2) is 6.21 Å². The average Bonchev–Trinajstić information content (AvgIpc) is 2.36. The number of benzene rings is 2. The van der Waals surface area contributed by atoms with Crippen molar-refractivity contribution in [2.24, 2.45) is 5.10 Å². The van der Waals surface area contributed by atoms with Crippen LogP contribution in [0, 0.1) is 0 Å². The number of nitrogens with zero attached hydrogens (tertiary/aromatic N) is 1. The van der Waals surface area contributed by atoms with Crippen molar-refractivity contribution < 1.29 is 0 Å². The molecule has 18 heavy (non-hydrogen) atoms. The summed E-state index contributed by atoms with van der Waals surface area (Å²) in [6.07, 6.45) is 1.63. The minimum Gasteiger partial charge on any atom is -0.279 e. The predicted octanol–water partition coefficient (Wildman–Crippen LogP) is 5.20. The molecule has 0 fully saturated rings. The van der Waals surface area contributed by atoms with Crippen molar-refractivity contribution in [3.05, 3.63) is 62.5 Å². The Balaban J connectivity index is 2.15. The normalized spacial score (nSPS) is 10.8. The Kier molecular flexibility index (Phi) is 4.64. The molecule has 0 atom stereocenters. The number of hydrazone groups is 1. The molecule has 5 heteroatoms.